The van der Waals surface area contributed by atoms with Gasteiger partial charge < -0.3 is 15.4 Å². The lowest BCUT2D eigenvalue weighted by atomic mass is 10.3. The Morgan fingerprint density at radius 2 is 2.07 bits per heavy atom. The van der Waals surface area contributed by atoms with Crippen molar-refractivity contribution < 1.29 is 9.53 Å². The monoisotopic (exact) mass is 213 g/mol. The maximum Gasteiger partial charge on any atom is 0.236 e. The maximum atomic E-state index is 11.8. The Morgan fingerprint density at radius 1 is 1.33 bits per heavy atom. The van der Waals surface area contributed by atoms with Crippen molar-refractivity contribution in [1.82, 2.24) is 9.80 Å². The van der Waals surface area contributed by atoms with Gasteiger partial charge in [0.2, 0.25) is 5.91 Å². The molecule has 0 radical (unpaired) electrons. The van der Waals surface area contributed by atoms with Crippen LogP contribution in [0.1, 0.15) is 6.42 Å². The first-order valence-electron chi connectivity index (χ1n) is 5.59. The second kappa shape index (κ2) is 4.92. The lowest BCUT2D eigenvalue weighted by Gasteiger charge is -2.28. The summed E-state index contributed by atoms with van der Waals surface area (Å²) in [6.45, 7) is 5.15. The summed E-state index contributed by atoms with van der Waals surface area (Å²) in [4.78, 5) is 15.9. The molecule has 2 aliphatic rings. The Bertz CT molecular complexity index is 229. The molecule has 0 unspecified atom stereocenters. The molecule has 0 aromatic rings. The van der Waals surface area contributed by atoms with Gasteiger partial charge in [-0.1, -0.05) is 0 Å². The van der Waals surface area contributed by atoms with Gasteiger partial charge in [0.05, 0.1) is 19.8 Å². The summed E-state index contributed by atoms with van der Waals surface area (Å²) in [5.41, 5.74) is 5.79. The standard InChI is InChI=1S/C10H19N3O2/c11-9-1-2-12(7-9)8-10(14)13-3-5-15-6-4-13/h9H,1-8,11H2/t9-/m1/s1. The first kappa shape index (κ1) is 10.9. The molecule has 2 saturated heterocycles. The summed E-state index contributed by atoms with van der Waals surface area (Å²) in [6, 6.07) is 0.252. The molecule has 0 aliphatic carbocycles. The summed E-state index contributed by atoms with van der Waals surface area (Å²) < 4.78 is 5.21. The number of carbonyl (C=O) groups is 1. The second-order valence-corrected chi connectivity index (χ2v) is 4.28. The average molecular weight is 213 g/mol. The molecular formula is C10H19N3O2. The SMILES string of the molecule is N[C@@H]1CCN(CC(=O)N2CCOCC2)C1. The van der Waals surface area contributed by atoms with Gasteiger partial charge in [-0.2, -0.15) is 0 Å². The van der Waals surface area contributed by atoms with Crippen molar-refractivity contribution in [1.29, 1.82) is 0 Å². The van der Waals surface area contributed by atoms with Crippen LogP contribution < -0.4 is 5.73 Å². The Morgan fingerprint density at radius 3 is 2.67 bits per heavy atom. The molecule has 0 aromatic heterocycles. The molecule has 0 spiro atoms. The third kappa shape index (κ3) is 2.90. The van der Waals surface area contributed by atoms with E-state index in [1.54, 1.807) is 0 Å². The fourth-order valence-corrected chi connectivity index (χ4v) is 2.11. The topological polar surface area (TPSA) is 58.8 Å². The molecule has 2 rings (SSSR count). The molecule has 1 amide bonds. The fourth-order valence-electron chi connectivity index (χ4n) is 2.11. The van der Waals surface area contributed by atoms with E-state index < -0.39 is 0 Å². The van der Waals surface area contributed by atoms with Crippen LogP contribution in [0, 0.1) is 0 Å². The van der Waals surface area contributed by atoms with Crippen molar-refractivity contribution >= 4 is 5.91 Å². The van der Waals surface area contributed by atoms with Crippen LogP contribution in [0.15, 0.2) is 0 Å². The van der Waals surface area contributed by atoms with E-state index in [9.17, 15) is 4.79 Å². The first-order valence-corrected chi connectivity index (χ1v) is 5.59. The van der Waals surface area contributed by atoms with E-state index in [1.807, 2.05) is 4.90 Å². The van der Waals surface area contributed by atoms with E-state index in [-0.39, 0.29) is 11.9 Å². The Hall–Kier alpha value is -0.650. The summed E-state index contributed by atoms with van der Waals surface area (Å²) in [6.07, 6.45) is 1.01. The Labute approximate surface area is 90.1 Å². The molecule has 86 valence electrons. The normalized spacial score (nSPS) is 28.3. The molecule has 2 N–H and O–H groups in total. The van der Waals surface area contributed by atoms with Crippen LogP contribution in [0.5, 0.6) is 0 Å². The van der Waals surface area contributed by atoms with Crippen molar-refractivity contribution in [2.75, 3.05) is 45.9 Å². The number of morpholine rings is 1. The zero-order chi connectivity index (χ0) is 10.7. The van der Waals surface area contributed by atoms with Gasteiger partial charge in [0.1, 0.15) is 0 Å². The number of amides is 1. The third-order valence-corrected chi connectivity index (χ3v) is 3.03. The highest BCUT2D eigenvalue weighted by Gasteiger charge is 2.24. The zero-order valence-electron chi connectivity index (χ0n) is 9.02. The summed E-state index contributed by atoms with van der Waals surface area (Å²) in [7, 11) is 0. The highest BCUT2D eigenvalue weighted by molar-refractivity contribution is 5.78. The molecule has 0 bridgehead atoms. The summed E-state index contributed by atoms with van der Waals surface area (Å²) in [5.74, 6) is 0.215. The predicted octanol–water partition coefficient (Wildman–Crippen LogP) is -1.12. The number of ether oxygens (including phenoxy) is 1. The molecule has 2 heterocycles. The minimum absolute atomic E-state index is 0.215. The number of rotatable bonds is 2. The van der Waals surface area contributed by atoms with E-state index in [1.165, 1.54) is 0 Å². The van der Waals surface area contributed by atoms with Crippen LogP contribution >= 0.6 is 0 Å². The van der Waals surface area contributed by atoms with Crippen LogP contribution in [0.2, 0.25) is 0 Å². The van der Waals surface area contributed by atoms with Crippen molar-refractivity contribution in [2.24, 2.45) is 5.73 Å². The Balaban J connectivity index is 1.76. The number of nitrogens with two attached hydrogens (primary N) is 1. The summed E-state index contributed by atoms with van der Waals surface area (Å²) >= 11 is 0. The molecule has 2 fully saturated rings. The smallest absolute Gasteiger partial charge is 0.236 e. The molecule has 0 saturated carbocycles. The van der Waals surface area contributed by atoms with Crippen LogP contribution in [-0.4, -0.2) is 67.7 Å². The highest BCUT2D eigenvalue weighted by atomic mass is 16.5. The van der Waals surface area contributed by atoms with Gasteiger partial charge in [0.25, 0.3) is 0 Å². The lowest BCUT2D eigenvalue weighted by Crippen LogP contribution is -2.45. The largest absolute Gasteiger partial charge is 0.378 e. The minimum atomic E-state index is 0.215. The van der Waals surface area contributed by atoms with E-state index in [0.29, 0.717) is 19.8 Å². The number of hydrogen-bond acceptors (Lipinski definition) is 4. The van der Waals surface area contributed by atoms with E-state index in [4.69, 9.17) is 10.5 Å². The van der Waals surface area contributed by atoms with E-state index in [2.05, 4.69) is 4.90 Å². The van der Waals surface area contributed by atoms with E-state index >= 15 is 0 Å². The second-order valence-electron chi connectivity index (χ2n) is 4.28. The highest BCUT2D eigenvalue weighted by Crippen LogP contribution is 2.07. The van der Waals surface area contributed by atoms with Crippen molar-refractivity contribution in [2.45, 2.75) is 12.5 Å². The Kier molecular flexibility index (Phi) is 3.56. The van der Waals surface area contributed by atoms with Gasteiger partial charge in [-0.15, -0.1) is 0 Å². The predicted molar refractivity (Wildman–Crippen MR) is 56.4 cm³/mol. The molecule has 0 aromatic carbocycles. The molecular weight excluding hydrogens is 194 g/mol. The first-order chi connectivity index (χ1) is 7.25. The number of carbonyl (C=O) groups excluding carboxylic acids is 1. The number of hydrogen-bond donors (Lipinski definition) is 1. The number of nitrogens with zero attached hydrogens (tertiary/aromatic N) is 2. The molecule has 5 nitrogen and oxygen atoms in total. The third-order valence-electron chi connectivity index (χ3n) is 3.03. The summed E-state index contributed by atoms with van der Waals surface area (Å²) in [5, 5.41) is 0. The minimum Gasteiger partial charge on any atom is -0.378 e. The molecule has 15 heavy (non-hydrogen) atoms. The van der Waals surface area contributed by atoms with Crippen molar-refractivity contribution in [3.8, 4) is 0 Å². The molecule has 2 aliphatic heterocycles. The lowest BCUT2D eigenvalue weighted by molar-refractivity contribution is -0.136. The van der Waals surface area contributed by atoms with Crippen molar-refractivity contribution in [3.05, 3.63) is 0 Å². The van der Waals surface area contributed by atoms with Gasteiger partial charge in [-0.25, -0.2) is 0 Å². The van der Waals surface area contributed by atoms with Gasteiger partial charge in [0, 0.05) is 32.2 Å². The van der Waals surface area contributed by atoms with Crippen LogP contribution in [0.3, 0.4) is 0 Å². The molecule has 5 heteroatoms. The van der Waals surface area contributed by atoms with Gasteiger partial charge in [0.15, 0.2) is 0 Å². The molecule has 1 atom stereocenters. The van der Waals surface area contributed by atoms with Crippen LogP contribution in [0.25, 0.3) is 0 Å². The zero-order valence-corrected chi connectivity index (χ0v) is 9.02. The van der Waals surface area contributed by atoms with Gasteiger partial charge in [-0.3, -0.25) is 9.69 Å². The quantitative estimate of drug-likeness (QED) is 0.631. The van der Waals surface area contributed by atoms with Crippen LogP contribution in [-0.2, 0) is 9.53 Å². The van der Waals surface area contributed by atoms with Crippen LogP contribution in [0.4, 0.5) is 0 Å². The maximum absolute atomic E-state index is 11.8. The van der Waals surface area contributed by atoms with Gasteiger partial charge in [-0.05, 0) is 6.42 Å². The van der Waals surface area contributed by atoms with Crippen molar-refractivity contribution in [3.63, 3.8) is 0 Å². The fraction of sp³-hybridized carbons (Fsp3) is 0.900. The average Bonchev–Trinajstić information content (AvgIpc) is 2.65. The number of likely N-dealkylation sites (tertiary alicyclic amines) is 1. The van der Waals surface area contributed by atoms with E-state index in [0.717, 1.165) is 32.6 Å². The van der Waals surface area contributed by atoms with Gasteiger partial charge >= 0.3 is 0 Å².